The molecule has 24 heavy (non-hydrogen) atoms. The van der Waals surface area contributed by atoms with Crippen LogP contribution >= 0.6 is 0 Å². The van der Waals surface area contributed by atoms with Crippen LogP contribution < -0.4 is 0 Å². The minimum atomic E-state index is -3.64. The normalized spacial score (nSPS) is 18.2. The van der Waals surface area contributed by atoms with E-state index in [0.717, 1.165) is 11.8 Å². The van der Waals surface area contributed by atoms with Crippen LogP contribution in [0.3, 0.4) is 0 Å². The van der Waals surface area contributed by atoms with E-state index >= 15 is 0 Å². The van der Waals surface area contributed by atoms with Gasteiger partial charge in [0.05, 0.1) is 23.9 Å². The van der Waals surface area contributed by atoms with Crippen LogP contribution in [0.2, 0.25) is 0 Å². The van der Waals surface area contributed by atoms with Crippen LogP contribution in [-0.4, -0.2) is 64.0 Å². The van der Waals surface area contributed by atoms with Crippen molar-refractivity contribution < 1.29 is 21.6 Å². The average molecular weight is 377 g/mol. The summed E-state index contributed by atoms with van der Waals surface area (Å²) in [6.45, 7) is 4.85. The molecule has 136 valence electrons. The van der Waals surface area contributed by atoms with Gasteiger partial charge in [0.2, 0.25) is 20.0 Å². The second-order valence-electron chi connectivity index (χ2n) is 6.07. The fourth-order valence-electron chi connectivity index (χ4n) is 2.45. The lowest BCUT2D eigenvalue weighted by atomic mass is 10.2. The molecule has 1 aromatic carbocycles. The van der Waals surface area contributed by atoms with Gasteiger partial charge < -0.3 is 4.74 Å². The largest absolute Gasteiger partial charge is 0.374 e. The van der Waals surface area contributed by atoms with Crippen molar-refractivity contribution in [1.29, 1.82) is 0 Å². The molecule has 0 aliphatic carbocycles. The minimum Gasteiger partial charge on any atom is -0.374 e. The first-order chi connectivity index (χ1) is 11.1. The summed E-state index contributed by atoms with van der Waals surface area (Å²) >= 11 is 0. The Bertz CT molecular complexity index is 767. The molecule has 0 N–H and O–H groups in total. The molecule has 2 rings (SSSR count). The lowest BCUT2D eigenvalue weighted by Crippen LogP contribution is -2.50. The van der Waals surface area contributed by atoms with Crippen LogP contribution in [0.4, 0.5) is 0 Å². The van der Waals surface area contributed by atoms with E-state index in [1.54, 1.807) is 18.2 Å². The van der Waals surface area contributed by atoms with E-state index in [9.17, 15) is 16.8 Å². The lowest BCUT2D eigenvalue weighted by molar-refractivity contribution is 0.0656. The van der Waals surface area contributed by atoms with Gasteiger partial charge in [-0.15, -0.1) is 0 Å². The standard InChI is InChI=1S/C15H24N2O5S2/c1-13(2)22-12-14-5-4-6-15(11-14)24(20,21)17-9-7-16(8-10-17)23(3,18)19/h4-6,11,13H,7-10,12H2,1-3H3. The Balaban J connectivity index is 2.12. The maximum Gasteiger partial charge on any atom is 0.243 e. The highest BCUT2D eigenvalue weighted by atomic mass is 32.2. The molecular weight excluding hydrogens is 352 g/mol. The summed E-state index contributed by atoms with van der Waals surface area (Å²) in [6.07, 6.45) is 1.20. The molecule has 0 atom stereocenters. The monoisotopic (exact) mass is 376 g/mol. The molecule has 1 aliphatic heterocycles. The molecule has 0 aromatic heterocycles. The molecule has 0 spiro atoms. The van der Waals surface area contributed by atoms with Crippen LogP contribution in [0.5, 0.6) is 0 Å². The van der Waals surface area contributed by atoms with Gasteiger partial charge >= 0.3 is 0 Å². The summed E-state index contributed by atoms with van der Waals surface area (Å²) in [5.74, 6) is 0. The number of ether oxygens (including phenoxy) is 1. The van der Waals surface area contributed by atoms with Crippen molar-refractivity contribution in [2.75, 3.05) is 32.4 Å². The van der Waals surface area contributed by atoms with Crippen molar-refractivity contribution in [3.63, 3.8) is 0 Å². The first-order valence-electron chi connectivity index (χ1n) is 7.76. The van der Waals surface area contributed by atoms with Crippen LogP contribution in [0.25, 0.3) is 0 Å². The van der Waals surface area contributed by atoms with Gasteiger partial charge in [-0.1, -0.05) is 12.1 Å². The third-order valence-corrected chi connectivity index (χ3v) is 6.98. The van der Waals surface area contributed by atoms with E-state index < -0.39 is 20.0 Å². The molecule has 0 radical (unpaired) electrons. The third kappa shape index (κ3) is 4.76. The molecule has 1 fully saturated rings. The van der Waals surface area contributed by atoms with E-state index in [0.29, 0.717) is 6.61 Å². The number of benzene rings is 1. The highest BCUT2D eigenvalue weighted by molar-refractivity contribution is 7.89. The Morgan fingerprint density at radius 3 is 2.17 bits per heavy atom. The van der Waals surface area contributed by atoms with Crippen LogP contribution in [0.15, 0.2) is 29.2 Å². The third-order valence-electron chi connectivity index (χ3n) is 3.79. The highest BCUT2D eigenvalue weighted by Gasteiger charge is 2.31. The number of nitrogens with zero attached hydrogens (tertiary/aromatic N) is 2. The molecule has 1 saturated heterocycles. The Hall–Kier alpha value is -1.00. The Labute approximate surface area is 144 Å². The van der Waals surface area contributed by atoms with Gasteiger partial charge in [0.25, 0.3) is 0 Å². The molecule has 0 amide bonds. The predicted molar refractivity (Wildman–Crippen MR) is 91.5 cm³/mol. The van der Waals surface area contributed by atoms with Crippen LogP contribution in [-0.2, 0) is 31.4 Å². The van der Waals surface area contributed by atoms with Crippen molar-refractivity contribution >= 4 is 20.0 Å². The molecule has 0 bridgehead atoms. The SMILES string of the molecule is CC(C)OCc1cccc(S(=O)(=O)N2CCN(S(C)(=O)=O)CC2)c1. The van der Waals surface area contributed by atoms with Gasteiger partial charge in [-0.25, -0.2) is 16.8 Å². The predicted octanol–water partition coefficient (Wildman–Crippen LogP) is 0.878. The number of piperazine rings is 1. The van der Waals surface area contributed by atoms with Gasteiger partial charge in [-0.05, 0) is 31.5 Å². The number of rotatable bonds is 6. The molecule has 0 saturated carbocycles. The Morgan fingerprint density at radius 2 is 1.62 bits per heavy atom. The zero-order chi connectivity index (χ0) is 18.0. The van der Waals surface area contributed by atoms with Crippen molar-refractivity contribution in [2.45, 2.75) is 31.5 Å². The molecule has 1 heterocycles. The van der Waals surface area contributed by atoms with Crippen molar-refractivity contribution in [3.8, 4) is 0 Å². The van der Waals surface area contributed by atoms with E-state index in [4.69, 9.17) is 4.74 Å². The summed E-state index contributed by atoms with van der Waals surface area (Å²) in [5, 5.41) is 0. The number of hydrogen-bond acceptors (Lipinski definition) is 5. The van der Waals surface area contributed by atoms with E-state index in [2.05, 4.69) is 0 Å². The summed E-state index contributed by atoms with van der Waals surface area (Å²) in [6, 6.07) is 6.68. The molecule has 1 aromatic rings. The highest BCUT2D eigenvalue weighted by Crippen LogP contribution is 2.20. The first kappa shape index (κ1) is 19.3. The summed E-state index contributed by atoms with van der Waals surface area (Å²) in [5.41, 5.74) is 0.791. The van der Waals surface area contributed by atoms with E-state index in [-0.39, 0.29) is 37.2 Å². The Kier molecular flexibility index (Phi) is 6.03. The number of hydrogen-bond donors (Lipinski definition) is 0. The lowest BCUT2D eigenvalue weighted by Gasteiger charge is -2.32. The van der Waals surface area contributed by atoms with Gasteiger partial charge in [0.1, 0.15) is 0 Å². The van der Waals surface area contributed by atoms with E-state index in [1.807, 2.05) is 19.9 Å². The second-order valence-corrected chi connectivity index (χ2v) is 9.99. The minimum absolute atomic E-state index is 0.0642. The fourth-order valence-corrected chi connectivity index (χ4v) is 4.77. The number of sulfonamides is 2. The van der Waals surface area contributed by atoms with Crippen molar-refractivity contribution in [2.24, 2.45) is 0 Å². The fraction of sp³-hybridized carbons (Fsp3) is 0.600. The van der Waals surface area contributed by atoms with Gasteiger partial charge in [-0.3, -0.25) is 0 Å². The average Bonchev–Trinajstić information content (AvgIpc) is 2.52. The van der Waals surface area contributed by atoms with Gasteiger partial charge in [0, 0.05) is 26.2 Å². The van der Waals surface area contributed by atoms with Gasteiger partial charge in [0.15, 0.2) is 0 Å². The molecule has 1 aliphatic rings. The molecular formula is C15H24N2O5S2. The van der Waals surface area contributed by atoms with Gasteiger partial charge in [-0.2, -0.15) is 8.61 Å². The second kappa shape index (κ2) is 7.49. The summed E-state index contributed by atoms with van der Waals surface area (Å²) < 4.78 is 56.7. The first-order valence-corrected chi connectivity index (χ1v) is 11.1. The zero-order valence-electron chi connectivity index (χ0n) is 14.2. The maximum absolute atomic E-state index is 12.8. The summed E-state index contributed by atoms with van der Waals surface area (Å²) in [7, 11) is -6.92. The quantitative estimate of drug-likeness (QED) is 0.736. The Morgan fingerprint density at radius 1 is 1.04 bits per heavy atom. The van der Waals surface area contributed by atoms with Crippen LogP contribution in [0, 0.1) is 0 Å². The molecule has 9 heteroatoms. The smallest absolute Gasteiger partial charge is 0.243 e. The van der Waals surface area contributed by atoms with Crippen LogP contribution in [0.1, 0.15) is 19.4 Å². The molecule has 0 unspecified atom stereocenters. The topological polar surface area (TPSA) is 84.0 Å². The molecule has 7 nitrogen and oxygen atoms in total. The van der Waals surface area contributed by atoms with Crippen molar-refractivity contribution in [3.05, 3.63) is 29.8 Å². The van der Waals surface area contributed by atoms with Crippen molar-refractivity contribution in [1.82, 2.24) is 8.61 Å². The maximum atomic E-state index is 12.8. The van der Waals surface area contributed by atoms with E-state index in [1.165, 1.54) is 8.61 Å². The summed E-state index contributed by atoms with van der Waals surface area (Å²) in [4.78, 5) is 0.208. The zero-order valence-corrected chi connectivity index (χ0v) is 15.8.